The molecule has 0 aliphatic heterocycles. The zero-order chi connectivity index (χ0) is 14.3. The molecule has 0 aromatic heterocycles. The number of rotatable bonds is 8. The van der Waals surface area contributed by atoms with E-state index in [0.717, 1.165) is 25.1 Å². The highest BCUT2D eigenvalue weighted by molar-refractivity contribution is 5.35. The van der Waals surface area contributed by atoms with Crippen molar-refractivity contribution in [2.45, 2.75) is 65.5 Å². The second-order valence-electron chi connectivity index (χ2n) is 5.48. The SMILES string of the molecule is CCCNC(CC)C(C)Oc1ccccc1C(C)C. The van der Waals surface area contributed by atoms with Crippen molar-refractivity contribution in [1.82, 2.24) is 5.32 Å². The lowest BCUT2D eigenvalue weighted by atomic mass is 10.0. The molecule has 2 atom stereocenters. The van der Waals surface area contributed by atoms with Gasteiger partial charge in [0.05, 0.1) is 0 Å². The molecule has 19 heavy (non-hydrogen) atoms. The Kier molecular flexibility index (Phi) is 6.93. The lowest BCUT2D eigenvalue weighted by molar-refractivity contribution is 0.165. The van der Waals surface area contributed by atoms with Crippen molar-refractivity contribution >= 4 is 0 Å². The molecule has 108 valence electrons. The van der Waals surface area contributed by atoms with Gasteiger partial charge in [-0.1, -0.05) is 45.9 Å². The van der Waals surface area contributed by atoms with Crippen molar-refractivity contribution in [3.63, 3.8) is 0 Å². The summed E-state index contributed by atoms with van der Waals surface area (Å²) < 4.78 is 6.19. The van der Waals surface area contributed by atoms with Gasteiger partial charge in [0.2, 0.25) is 0 Å². The Labute approximate surface area is 118 Å². The molecule has 2 nitrogen and oxygen atoms in total. The fourth-order valence-electron chi connectivity index (χ4n) is 2.32. The van der Waals surface area contributed by atoms with E-state index in [9.17, 15) is 0 Å². The maximum Gasteiger partial charge on any atom is 0.123 e. The number of hydrogen-bond donors (Lipinski definition) is 1. The second kappa shape index (κ2) is 8.21. The van der Waals surface area contributed by atoms with E-state index >= 15 is 0 Å². The molecule has 0 aliphatic carbocycles. The number of nitrogens with one attached hydrogen (secondary N) is 1. The monoisotopic (exact) mass is 263 g/mol. The first-order valence-corrected chi connectivity index (χ1v) is 7.59. The van der Waals surface area contributed by atoms with Crippen molar-refractivity contribution < 1.29 is 4.74 Å². The van der Waals surface area contributed by atoms with Crippen LogP contribution in [0.1, 0.15) is 58.9 Å². The molecule has 1 aromatic rings. The Morgan fingerprint density at radius 2 is 1.79 bits per heavy atom. The summed E-state index contributed by atoms with van der Waals surface area (Å²) in [6.07, 6.45) is 2.44. The van der Waals surface area contributed by atoms with Crippen molar-refractivity contribution in [3.05, 3.63) is 29.8 Å². The van der Waals surface area contributed by atoms with Gasteiger partial charge in [-0.25, -0.2) is 0 Å². The third kappa shape index (κ3) is 4.87. The molecule has 1 rings (SSSR count). The molecule has 0 fully saturated rings. The second-order valence-corrected chi connectivity index (χ2v) is 5.48. The maximum absolute atomic E-state index is 6.19. The number of ether oxygens (including phenoxy) is 1. The summed E-state index contributed by atoms with van der Waals surface area (Å²) in [5.74, 6) is 1.52. The molecule has 0 heterocycles. The fourth-order valence-corrected chi connectivity index (χ4v) is 2.32. The van der Waals surface area contributed by atoms with E-state index in [2.05, 4.69) is 58.1 Å². The summed E-state index contributed by atoms with van der Waals surface area (Å²) in [5, 5.41) is 3.56. The zero-order valence-corrected chi connectivity index (χ0v) is 13.1. The summed E-state index contributed by atoms with van der Waals surface area (Å²) in [6.45, 7) is 12.0. The van der Waals surface area contributed by atoms with Gasteiger partial charge < -0.3 is 10.1 Å². The Morgan fingerprint density at radius 1 is 1.11 bits per heavy atom. The smallest absolute Gasteiger partial charge is 0.123 e. The highest BCUT2D eigenvalue weighted by Crippen LogP contribution is 2.27. The standard InChI is InChI=1S/C17H29NO/c1-6-12-18-16(7-2)14(5)19-17-11-9-8-10-15(17)13(3)4/h8-11,13-14,16,18H,6-7,12H2,1-5H3. The van der Waals surface area contributed by atoms with Crippen LogP contribution in [0, 0.1) is 0 Å². The van der Waals surface area contributed by atoms with Crippen LogP contribution < -0.4 is 10.1 Å². The summed E-state index contributed by atoms with van der Waals surface area (Å²) in [4.78, 5) is 0. The van der Waals surface area contributed by atoms with Crippen LogP contribution >= 0.6 is 0 Å². The largest absolute Gasteiger partial charge is 0.489 e. The van der Waals surface area contributed by atoms with Gasteiger partial charge in [-0.05, 0) is 43.9 Å². The minimum absolute atomic E-state index is 0.191. The molecule has 2 heteroatoms. The molecule has 0 spiro atoms. The number of benzene rings is 1. The highest BCUT2D eigenvalue weighted by Gasteiger charge is 2.18. The molecule has 1 N–H and O–H groups in total. The minimum Gasteiger partial charge on any atom is -0.489 e. The van der Waals surface area contributed by atoms with E-state index in [1.807, 2.05) is 6.07 Å². The predicted molar refractivity (Wildman–Crippen MR) is 83.0 cm³/mol. The molecular formula is C17H29NO. The van der Waals surface area contributed by atoms with E-state index in [-0.39, 0.29) is 6.10 Å². The minimum atomic E-state index is 0.191. The first-order chi connectivity index (χ1) is 9.10. The molecule has 0 radical (unpaired) electrons. The predicted octanol–water partition coefficient (Wildman–Crippen LogP) is 4.36. The Hall–Kier alpha value is -1.02. The lowest BCUT2D eigenvalue weighted by Crippen LogP contribution is -2.41. The maximum atomic E-state index is 6.19. The van der Waals surface area contributed by atoms with Crippen molar-refractivity contribution in [2.24, 2.45) is 0 Å². The van der Waals surface area contributed by atoms with E-state index in [1.165, 1.54) is 5.56 Å². The first kappa shape index (κ1) is 16.0. The van der Waals surface area contributed by atoms with Crippen LogP contribution in [-0.2, 0) is 0 Å². The number of hydrogen-bond acceptors (Lipinski definition) is 2. The quantitative estimate of drug-likeness (QED) is 0.752. The van der Waals surface area contributed by atoms with E-state index < -0.39 is 0 Å². The van der Waals surface area contributed by atoms with Gasteiger partial charge in [-0.2, -0.15) is 0 Å². The average Bonchev–Trinajstić information content (AvgIpc) is 2.40. The molecule has 0 aliphatic rings. The van der Waals surface area contributed by atoms with Crippen LogP contribution in [0.4, 0.5) is 0 Å². The molecular weight excluding hydrogens is 234 g/mol. The van der Waals surface area contributed by atoms with Gasteiger partial charge in [0.1, 0.15) is 11.9 Å². The van der Waals surface area contributed by atoms with Crippen LogP contribution in [0.15, 0.2) is 24.3 Å². The van der Waals surface area contributed by atoms with Crippen LogP contribution in [-0.4, -0.2) is 18.7 Å². The third-order valence-corrected chi connectivity index (χ3v) is 3.52. The highest BCUT2D eigenvalue weighted by atomic mass is 16.5. The normalized spacial score (nSPS) is 14.4. The zero-order valence-electron chi connectivity index (χ0n) is 13.1. The average molecular weight is 263 g/mol. The molecule has 0 amide bonds. The first-order valence-electron chi connectivity index (χ1n) is 7.59. The Bertz CT molecular complexity index is 362. The Balaban J connectivity index is 2.72. The van der Waals surface area contributed by atoms with Crippen LogP contribution in [0.2, 0.25) is 0 Å². The topological polar surface area (TPSA) is 21.3 Å². The van der Waals surface area contributed by atoms with E-state index in [4.69, 9.17) is 4.74 Å². The van der Waals surface area contributed by atoms with Crippen LogP contribution in [0.5, 0.6) is 5.75 Å². The van der Waals surface area contributed by atoms with Gasteiger partial charge in [0.15, 0.2) is 0 Å². The molecule has 0 saturated heterocycles. The van der Waals surface area contributed by atoms with Gasteiger partial charge in [-0.3, -0.25) is 0 Å². The van der Waals surface area contributed by atoms with Gasteiger partial charge >= 0.3 is 0 Å². The lowest BCUT2D eigenvalue weighted by Gasteiger charge is -2.26. The molecule has 1 aromatic carbocycles. The van der Waals surface area contributed by atoms with Gasteiger partial charge in [0, 0.05) is 6.04 Å². The van der Waals surface area contributed by atoms with Gasteiger partial charge in [0.25, 0.3) is 0 Å². The number of para-hydroxylation sites is 1. The van der Waals surface area contributed by atoms with Crippen molar-refractivity contribution in [3.8, 4) is 5.75 Å². The summed E-state index contributed by atoms with van der Waals surface area (Å²) in [6, 6.07) is 8.79. The van der Waals surface area contributed by atoms with E-state index in [0.29, 0.717) is 12.0 Å². The summed E-state index contributed by atoms with van der Waals surface area (Å²) in [5.41, 5.74) is 1.29. The Morgan fingerprint density at radius 3 is 2.37 bits per heavy atom. The van der Waals surface area contributed by atoms with E-state index in [1.54, 1.807) is 0 Å². The van der Waals surface area contributed by atoms with Crippen molar-refractivity contribution in [1.29, 1.82) is 0 Å². The summed E-state index contributed by atoms with van der Waals surface area (Å²) >= 11 is 0. The molecule has 2 unspecified atom stereocenters. The van der Waals surface area contributed by atoms with Gasteiger partial charge in [-0.15, -0.1) is 0 Å². The molecule has 0 bridgehead atoms. The van der Waals surface area contributed by atoms with Crippen molar-refractivity contribution in [2.75, 3.05) is 6.54 Å². The summed E-state index contributed by atoms with van der Waals surface area (Å²) in [7, 11) is 0. The third-order valence-electron chi connectivity index (χ3n) is 3.52. The van der Waals surface area contributed by atoms with Crippen LogP contribution in [0.3, 0.4) is 0 Å². The fraction of sp³-hybridized carbons (Fsp3) is 0.647. The van der Waals surface area contributed by atoms with Crippen LogP contribution in [0.25, 0.3) is 0 Å². The molecule has 0 saturated carbocycles.